The van der Waals surface area contributed by atoms with E-state index in [4.69, 9.17) is 11.5 Å². The number of carbonyl (C=O) groups is 6. The van der Waals surface area contributed by atoms with Gasteiger partial charge in [-0.15, -0.1) is 0 Å². The molecule has 1 unspecified atom stereocenters. The molecule has 1 rings (SSSR count). The number of Topliss-reactive ketones (excluding diaryl/α,β-unsaturated/α-hetero) is 1. The van der Waals surface area contributed by atoms with Crippen LogP contribution in [-0.2, 0) is 24.0 Å². The van der Waals surface area contributed by atoms with Crippen molar-refractivity contribution in [3.63, 3.8) is 0 Å². The van der Waals surface area contributed by atoms with Crippen molar-refractivity contribution in [3.8, 4) is 0 Å². The first-order chi connectivity index (χ1) is 15.4. The Kier molecular flexibility index (Phi) is 11.0. The molecule has 13 nitrogen and oxygen atoms in total. The van der Waals surface area contributed by atoms with Crippen LogP contribution in [0.15, 0.2) is 12.2 Å². The molecule has 0 fully saturated rings. The van der Waals surface area contributed by atoms with Gasteiger partial charge in [0.05, 0.1) is 12.5 Å². The van der Waals surface area contributed by atoms with Crippen LogP contribution in [0.3, 0.4) is 0 Å². The van der Waals surface area contributed by atoms with Gasteiger partial charge in [0.2, 0.25) is 23.6 Å². The Bertz CT molecular complexity index is 798. The molecule has 8 N–H and O–H groups in total. The van der Waals surface area contributed by atoms with Gasteiger partial charge in [-0.1, -0.05) is 13.8 Å². The average molecular weight is 469 g/mol. The smallest absolute Gasteiger partial charge is 0.312 e. The second-order valence-electron chi connectivity index (χ2n) is 7.90. The highest BCUT2D eigenvalue weighted by Gasteiger charge is 2.29. The SMILES string of the molecule is CC(C)C(=O)[C@H](CCCNC(N)=O)NC(=O)[C@H](CC(N)=O)NC(=O)CCN1C(=O)C=CC1O. The fraction of sp³-hybridized carbons (Fsp3) is 0.600. The highest BCUT2D eigenvalue weighted by atomic mass is 16.3. The van der Waals surface area contributed by atoms with E-state index in [1.165, 1.54) is 12.2 Å². The van der Waals surface area contributed by atoms with Crippen LogP contribution in [-0.4, -0.2) is 76.9 Å². The molecule has 0 saturated heterocycles. The maximum Gasteiger partial charge on any atom is 0.312 e. The van der Waals surface area contributed by atoms with Gasteiger partial charge in [0.1, 0.15) is 12.3 Å². The first-order valence-corrected chi connectivity index (χ1v) is 10.5. The van der Waals surface area contributed by atoms with Gasteiger partial charge in [0, 0.05) is 31.5 Å². The van der Waals surface area contributed by atoms with E-state index in [1.807, 2.05) is 0 Å². The van der Waals surface area contributed by atoms with Crippen molar-refractivity contribution in [2.24, 2.45) is 17.4 Å². The predicted octanol–water partition coefficient (Wildman–Crippen LogP) is -2.39. The lowest BCUT2D eigenvalue weighted by Crippen LogP contribution is -2.53. The van der Waals surface area contributed by atoms with Crippen LogP contribution >= 0.6 is 0 Å². The monoisotopic (exact) mass is 468 g/mol. The maximum absolute atomic E-state index is 12.8. The van der Waals surface area contributed by atoms with Gasteiger partial charge in [-0.05, 0) is 18.9 Å². The molecule has 13 heteroatoms. The highest BCUT2D eigenvalue weighted by Crippen LogP contribution is 2.10. The summed E-state index contributed by atoms with van der Waals surface area (Å²) in [4.78, 5) is 72.5. The summed E-state index contributed by atoms with van der Waals surface area (Å²) in [5.74, 6) is -3.39. The normalized spacial score (nSPS) is 16.9. The molecule has 1 aliphatic rings. The summed E-state index contributed by atoms with van der Waals surface area (Å²) in [5, 5.41) is 17.0. The van der Waals surface area contributed by atoms with E-state index in [2.05, 4.69) is 16.0 Å². The van der Waals surface area contributed by atoms with Gasteiger partial charge in [0.15, 0.2) is 5.78 Å². The van der Waals surface area contributed by atoms with Crippen molar-refractivity contribution in [1.29, 1.82) is 0 Å². The Hall–Kier alpha value is -3.48. The van der Waals surface area contributed by atoms with Crippen molar-refractivity contribution < 1.29 is 33.9 Å². The molecule has 0 spiro atoms. The minimum atomic E-state index is -1.33. The van der Waals surface area contributed by atoms with E-state index in [9.17, 15) is 33.9 Å². The number of primary amides is 2. The molecule has 3 atom stereocenters. The Balaban J connectivity index is 2.75. The zero-order chi connectivity index (χ0) is 25.1. The predicted molar refractivity (Wildman–Crippen MR) is 116 cm³/mol. The van der Waals surface area contributed by atoms with Crippen LogP contribution in [0.5, 0.6) is 0 Å². The van der Waals surface area contributed by atoms with E-state index in [-0.39, 0.29) is 31.7 Å². The Labute approximate surface area is 191 Å². The summed E-state index contributed by atoms with van der Waals surface area (Å²) in [6.45, 7) is 3.42. The second-order valence-corrected chi connectivity index (χ2v) is 7.90. The number of nitrogens with one attached hydrogen (secondary N) is 3. The van der Waals surface area contributed by atoms with Crippen LogP contribution in [0.4, 0.5) is 4.79 Å². The molecular weight excluding hydrogens is 436 g/mol. The summed E-state index contributed by atoms with van der Waals surface area (Å²) >= 11 is 0. The van der Waals surface area contributed by atoms with Crippen LogP contribution < -0.4 is 27.4 Å². The molecule has 6 amide bonds. The summed E-state index contributed by atoms with van der Waals surface area (Å²) < 4.78 is 0. The first kappa shape index (κ1) is 27.6. The van der Waals surface area contributed by atoms with Crippen LogP contribution in [0.25, 0.3) is 0 Å². The van der Waals surface area contributed by atoms with E-state index in [0.29, 0.717) is 6.42 Å². The van der Waals surface area contributed by atoms with E-state index in [1.54, 1.807) is 13.8 Å². The van der Waals surface area contributed by atoms with Crippen LogP contribution in [0.1, 0.15) is 39.5 Å². The molecule has 0 aromatic heterocycles. The van der Waals surface area contributed by atoms with Crippen molar-refractivity contribution in [1.82, 2.24) is 20.9 Å². The number of urea groups is 1. The highest BCUT2D eigenvalue weighted by molar-refractivity contribution is 5.95. The first-order valence-electron chi connectivity index (χ1n) is 10.5. The standard InChI is InChI=1S/C20H32N6O7/c1-11(2)18(31)12(4-3-8-23-20(22)33)25-19(32)13(10-14(21)27)24-15(28)7-9-26-16(29)5-6-17(26)30/h5-6,11-13,16,29H,3-4,7-10H2,1-2H3,(H2,21,27)(H,24,28)(H,25,32)(H3,22,23,33)/t12-,13-,16?/m0/s1. The van der Waals surface area contributed by atoms with Gasteiger partial charge < -0.3 is 37.4 Å². The van der Waals surface area contributed by atoms with E-state index >= 15 is 0 Å². The molecule has 1 heterocycles. The van der Waals surface area contributed by atoms with Gasteiger partial charge >= 0.3 is 6.03 Å². The molecule has 1 aliphatic heterocycles. The minimum Gasteiger partial charge on any atom is -0.370 e. The van der Waals surface area contributed by atoms with Crippen molar-refractivity contribution in [2.45, 2.75) is 57.8 Å². The van der Waals surface area contributed by atoms with Gasteiger partial charge in [-0.3, -0.25) is 24.0 Å². The molecule has 0 aromatic rings. The number of hydrogen-bond donors (Lipinski definition) is 6. The van der Waals surface area contributed by atoms with Crippen LogP contribution in [0.2, 0.25) is 0 Å². The topological polar surface area (TPSA) is 214 Å². The Morgan fingerprint density at radius 3 is 2.30 bits per heavy atom. The molecule has 0 radical (unpaired) electrons. The zero-order valence-electron chi connectivity index (χ0n) is 18.7. The van der Waals surface area contributed by atoms with E-state index in [0.717, 1.165) is 4.90 Å². The largest absolute Gasteiger partial charge is 0.370 e. The number of rotatable bonds is 14. The maximum atomic E-state index is 12.8. The summed E-state index contributed by atoms with van der Waals surface area (Å²) in [6.07, 6.45) is 1.12. The third-order valence-electron chi connectivity index (χ3n) is 4.85. The van der Waals surface area contributed by atoms with Gasteiger partial charge in [-0.2, -0.15) is 0 Å². The quantitative estimate of drug-likeness (QED) is 0.152. The number of hydrogen-bond acceptors (Lipinski definition) is 7. The molecule has 33 heavy (non-hydrogen) atoms. The molecule has 0 bridgehead atoms. The summed E-state index contributed by atoms with van der Waals surface area (Å²) in [5.41, 5.74) is 10.2. The molecule has 0 aliphatic carbocycles. The van der Waals surface area contributed by atoms with E-state index < -0.39 is 60.3 Å². The number of amides is 6. The third-order valence-corrected chi connectivity index (χ3v) is 4.85. The molecule has 0 saturated carbocycles. The lowest BCUT2D eigenvalue weighted by Gasteiger charge is -2.24. The number of aliphatic hydroxyl groups excluding tert-OH is 1. The van der Waals surface area contributed by atoms with Crippen molar-refractivity contribution in [3.05, 3.63) is 12.2 Å². The average Bonchev–Trinajstić information content (AvgIpc) is 3.04. The number of ketones is 1. The zero-order valence-corrected chi connectivity index (χ0v) is 18.7. The molecule has 184 valence electrons. The number of nitrogens with zero attached hydrogens (tertiary/aromatic N) is 1. The fourth-order valence-electron chi connectivity index (χ4n) is 3.12. The minimum absolute atomic E-state index is 0.106. The van der Waals surface area contributed by atoms with Crippen molar-refractivity contribution >= 4 is 35.4 Å². The van der Waals surface area contributed by atoms with Crippen LogP contribution in [0, 0.1) is 5.92 Å². The number of aliphatic hydroxyl groups is 1. The van der Waals surface area contributed by atoms with Gasteiger partial charge in [0.25, 0.3) is 0 Å². The van der Waals surface area contributed by atoms with Crippen molar-refractivity contribution in [2.75, 3.05) is 13.1 Å². The lowest BCUT2D eigenvalue weighted by atomic mass is 9.97. The third kappa shape index (κ3) is 9.68. The second kappa shape index (κ2) is 13.2. The Morgan fingerprint density at radius 2 is 1.79 bits per heavy atom. The van der Waals surface area contributed by atoms with Gasteiger partial charge in [-0.25, -0.2) is 4.79 Å². The molecule has 0 aromatic carbocycles. The Morgan fingerprint density at radius 1 is 1.12 bits per heavy atom. The number of carbonyl (C=O) groups excluding carboxylic acids is 6. The fourth-order valence-corrected chi connectivity index (χ4v) is 3.12. The number of nitrogens with two attached hydrogens (primary N) is 2. The summed E-state index contributed by atoms with van der Waals surface area (Å²) in [7, 11) is 0. The molecular formula is C20H32N6O7. The summed E-state index contributed by atoms with van der Waals surface area (Å²) in [6, 6.07) is -2.96. The lowest BCUT2D eigenvalue weighted by molar-refractivity contribution is -0.134.